The molecular weight excluding hydrogens is 355 g/mol. The number of halogens is 1. The van der Waals surface area contributed by atoms with Gasteiger partial charge in [-0.15, -0.1) is 0 Å². The molecule has 1 aliphatic rings. The molecule has 0 saturated carbocycles. The number of benzene rings is 2. The van der Waals surface area contributed by atoms with Crippen LogP contribution < -0.4 is 10.1 Å². The number of nitrogens with zero attached hydrogens (tertiary/aromatic N) is 3. The molecule has 0 aliphatic carbocycles. The van der Waals surface area contributed by atoms with Crippen LogP contribution in [0.3, 0.4) is 0 Å². The zero-order valence-corrected chi connectivity index (χ0v) is 15.4. The smallest absolute Gasteiger partial charge is 0.208 e. The minimum atomic E-state index is -0.226. The van der Waals surface area contributed by atoms with Crippen molar-refractivity contribution in [2.24, 2.45) is 0 Å². The number of hydrogen-bond acceptors (Lipinski definition) is 4. The minimum Gasteiger partial charge on any atom is -0.493 e. The maximum Gasteiger partial charge on any atom is 0.208 e. The van der Waals surface area contributed by atoms with Gasteiger partial charge in [-0.25, -0.2) is 14.4 Å². The first kappa shape index (κ1) is 16.7. The molecule has 0 amide bonds. The van der Waals surface area contributed by atoms with Gasteiger partial charge in [-0.05, 0) is 24.6 Å². The van der Waals surface area contributed by atoms with Gasteiger partial charge in [-0.3, -0.25) is 4.40 Å². The van der Waals surface area contributed by atoms with E-state index in [2.05, 4.69) is 15.3 Å². The lowest BCUT2D eigenvalue weighted by Gasteiger charge is -2.13. The predicted octanol–water partition coefficient (Wildman–Crippen LogP) is 4.39. The van der Waals surface area contributed by atoms with Crippen molar-refractivity contribution in [1.29, 1.82) is 0 Å². The van der Waals surface area contributed by atoms with E-state index < -0.39 is 0 Å². The van der Waals surface area contributed by atoms with Crippen LogP contribution in [0.5, 0.6) is 5.75 Å². The summed E-state index contributed by atoms with van der Waals surface area (Å²) in [5.74, 6) is 1.18. The first-order valence-corrected chi connectivity index (χ1v) is 9.28. The van der Waals surface area contributed by atoms with Crippen LogP contribution >= 0.6 is 0 Å². The number of fused-ring (bicyclic) bond motifs is 2. The highest BCUT2D eigenvalue weighted by atomic mass is 19.1. The summed E-state index contributed by atoms with van der Waals surface area (Å²) >= 11 is 0. The van der Waals surface area contributed by atoms with E-state index in [1.807, 2.05) is 54.0 Å². The molecule has 0 fully saturated rings. The molecule has 4 aromatic rings. The van der Waals surface area contributed by atoms with E-state index >= 15 is 0 Å². The summed E-state index contributed by atoms with van der Waals surface area (Å²) in [7, 11) is 0. The maximum atomic E-state index is 14.4. The largest absolute Gasteiger partial charge is 0.493 e. The summed E-state index contributed by atoms with van der Waals surface area (Å²) < 4.78 is 21.9. The van der Waals surface area contributed by atoms with Crippen LogP contribution in [-0.4, -0.2) is 21.0 Å². The fourth-order valence-electron chi connectivity index (χ4n) is 3.72. The van der Waals surface area contributed by atoms with E-state index in [9.17, 15) is 4.39 Å². The van der Waals surface area contributed by atoms with Crippen LogP contribution in [0, 0.1) is 12.7 Å². The molecule has 1 N–H and O–H groups in total. The summed E-state index contributed by atoms with van der Waals surface area (Å²) in [4.78, 5) is 9.26. The third-order valence-corrected chi connectivity index (χ3v) is 5.06. The summed E-state index contributed by atoms with van der Waals surface area (Å²) in [6.45, 7) is 2.88. The number of rotatable bonds is 4. The molecule has 0 atom stereocenters. The van der Waals surface area contributed by atoms with Crippen LogP contribution in [0.25, 0.3) is 16.8 Å². The van der Waals surface area contributed by atoms with Crippen LogP contribution in [0.2, 0.25) is 0 Å². The monoisotopic (exact) mass is 374 g/mol. The van der Waals surface area contributed by atoms with Gasteiger partial charge in [0, 0.05) is 42.0 Å². The number of hydrogen-bond donors (Lipinski definition) is 1. The molecule has 3 heterocycles. The van der Waals surface area contributed by atoms with Crippen LogP contribution in [0.4, 0.5) is 10.3 Å². The molecule has 5 rings (SSSR count). The Morgan fingerprint density at radius 2 is 2.04 bits per heavy atom. The molecule has 5 nitrogen and oxygen atoms in total. The molecule has 0 radical (unpaired) electrons. The molecule has 2 aromatic carbocycles. The zero-order chi connectivity index (χ0) is 19.1. The number of aryl methyl sites for hydroxylation is 1. The molecule has 0 spiro atoms. The van der Waals surface area contributed by atoms with Gasteiger partial charge in [0.2, 0.25) is 5.95 Å². The summed E-state index contributed by atoms with van der Waals surface area (Å²) in [6, 6.07) is 13.2. The van der Waals surface area contributed by atoms with Crippen molar-refractivity contribution >= 4 is 11.6 Å². The average molecular weight is 374 g/mol. The molecule has 6 heteroatoms. The van der Waals surface area contributed by atoms with Crippen molar-refractivity contribution in [2.75, 3.05) is 11.9 Å². The number of aromatic nitrogens is 3. The highest BCUT2D eigenvalue weighted by Crippen LogP contribution is 2.31. The van der Waals surface area contributed by atoms with Crippen LogP contribution in [0.15, 0.2) is 54.9 Å². The Morgan fingerprint density at radius 1 is 1.18 bits per heavy atom. The highest BCUT2D eigenvalue weighted by molar-refractivity contribution is 5.78. The van der Waals surface area contributed by atoms with Crippen LogP contribution in [0.1, 0.15) is 16.8 Å². The molecule has 0 saturated heterocycles. The molecule has 0 bridgehead atoms. The van der Waals surface area contributed by atoms with E-state index in [1.165, 1.54) is 6.07 Å². The van der Waals surface area contributed by atoms with Crippen molar-refractivity contribution in [3.63, 3.8) is 0 Å². The first-order chi connectivity index (χ1) is 13.7. The normalized spacial score (nSPS) is 12.8. The second kappa shape index (κ2) is 6.64. The van der Waals surface area contributed by atoms with Gasteiger partial charge in [0.25, 0.3) is 0 Å². The summed E-state index contributed by atoms with van der Waals surface area (Å²) in [5.41, 5.74) is 5.30. The molecule has 1 aliphatic heterocycles. The van der Waals surface area contributed by atoms with E-state index in [-0.39, 0.29) is 5.82 Å². The number of ether oxygens (including phenoxy) is 1. The average Bonchev–Trinajstić information content (AvgIpc) is 3.34. The fraction of sp³-hybridized carbons (Fsp3) is 0.182. The molecular formula is C22H19FN4O. The molecule has 2 aromatic heterocycles. The van der Waals surface area contributed by atoms with Gasteiger partial charge in [-0.2, -0.15) is 0 Å². The molecule has 0 unspecified atom stereocenters. The van der Waals surface area contributed by atoms with Crippen LogP contribution in [-0.2, 0) is 13.0 Å². The lowest BCUT2D eigenvalue weighted by Crippen LogP contribution is -2.09. The zero-order valence-electron chi connectivity index (χ0n) is 15.4. The topological polar surface area (TPSA) is 51.5 Å². The van der Waals surface area contributed by atoms with E-state index in [0.717, 1.165) is 40.2 Å². The fourth-order valence-corrected chi connectivity index (χ4v) is 3.72. The van der Waals surface area contributed by atoms with Crippen molar-refractivity contribution in [2.45, 2.75) is 19.9 Å². The summed E-state index contributed by atoms with van der Waals surface area (Å²) in [6.07, 6.45) is 4.48. The third kappa shape index (κ3) is 2.78. The second-order valence-corrected chi connectivity index (χ2v) is 6.89. The van der Waals surface area contributed by atoms with Crippen molar-refractivity contribution in [3.8, 4) is 16.9 Å². The van der Waals surface area contributed by atoms with E-state index in [4.69, 9.17) is 4.74 Å². The number of imidazole rings is 1. The lowest BCUT2D eigenvalue weighted by atomic mass is 10.0. The Kier molecular flexibility index (Phi) is 3.97. The second-order valence-electron chi connectivity index (χ2n) is 6.89. The molecule has 28 heavy (non-hydrogen) atoms. The van der Waals surface area contributed by atoms with Gasteiger partial charge in [0.1, 0.15) is 17.2 Å². The maximum absolute atomic E-state index is 14.4. The van der Waals surface area contributed by atoms with Crippen molar-refractivity contribution in [3.05, 3.63) is 77.5 Å². The first-order valence-electron chi connectivity index (χ1n) is 9.28. The Labute approximate surface area is 161 Å². The Balaban J connectivity index is 1.52. The van der Waals surface area contributed by atoms with Gasteiger partial charge in [0.05, 0.1) is 12.3 Å². The van der Waals surface area contributed by atoms with Crippen molar-refractivity contribution in [1.82, 2.24) is 14.4 Å². The van der Waals surface area contributed by atoms with Gasteiger partial charge >= 0.3 is 0 Å². The Hall–Kier alpha value is -3.41. The Morgan fingerprint density at radius 3 is 2.89 bits per heavy atom. The van der Waals surface area contributed by atoms with Gasteiger partial charge in [0.15, 0.2) is 0 Å². The predicted molar refractivity (Wildman–Crippen MR) is 106 cm³/mol. The summed E-state index contributed by atoms with van der Waals surface area (Å²) in [5, 5.41) is 3.28. The third-order valence-electron chi connectivity index (χ3n) is 5.06. The SMILES string of the molecule is Cc1cn2c(NCc3c(F)ccc4c3CCO4)ncc(-c3ccccc3)c2n1. The minimum absolute atomic E-state index is 0.226. The number of anilines is 1. The van der Waals surface area contributed by atoms with Crippen molar-refractivity contribution < 1.29 is 9.13 Å². The Bertz CT molecular complexity index is 1170. The van der Waals surface area contributed by atoms with E-state index in [0.29, 0.717) is 24.7 Å². The quantitative estimate of drug-likeness (QED) is 0.576. The van der Waals surface area contributed by atoms with Gasteiger partial charge in [-0.1, -0.05) is 30.3 Å². The highest BCUT2D eigenvalue weighted by Gasteiger charge is 2.20. The molecule has 140 valence electrons. The number of nitrogens with one attached hydrogen (secondary N) is 1. The standard InChI is InChI=1S/C22H19FN4O/c1-14-13-27-21(26-14)17(15-5-3-2-4-6-15)11-24-22(27)25-12-18-16-9-10-28-20(16)8-7-19(18)23/h2-8,11,13H,9-10,12H2,1H3,(H,24,25). The van der Waals surface area contributed by atoms with E-state index in [1.54, 1.807) is 6.07 Å². The van der Waals surface area contributed by atoms with Gasteiger partial charge < -0.3 is 10.1 Å². The lowest BCUT2D eigenvalue weighted by molar-refractivity contribution is 0.356.